The molecule has 0 spiro atoms. The van der Waals surface area contributed by atoms with Crippen molar-refractivity contribution in [1.29, 1.82) is 0 Å². The van der Waals surface area contributed by atoms with Crippen LogP contribution in [0, 0.1) is 16.0 Å². The van der Waals surface area contributed by atoms with Crippen LogP contribution in [0.3, 0.4) is 0 Å². The van der Waals surface area contributed by atoms with E-state index in [4.69, 9.17) is 11.6 Å². The Bertz CT molecular complexity index is 583. The third kappa shape index (κ3) is 2.37. The molecule has 1 unspecified atom stereocenters. The molecule has 1 aliphatic rings. The standard InChI is InChI=1S/C9H11ClN2O4S2/c1-6-2-3-11(5-6)18(15,16)8-4-7(12(13)14)9(10)17-8/h4,6H,2-3,5H2,1H3. The van der Waals surface area contributed by atoms with Gasteiger partial charge in [0.05, 0.1) is 4.92 Å². The van der Waals surface area contributed by atoms with Crippen molar-refractivity contribution in [2.75, 3.05) is 13.1 Å². The number of rotatable bonds is 3. The van der Waals surface area contributed by atoms with Crippen molar-refractivity contribution in [2.24, 2.45) is 5.92 Å². The molecule has 6 nitrogen and oxygen atoms in total. The molecular weight excluding hydrogens is 300 g/mol. The maximum atomic E-state index is 12.2. The van der Waals surface area contributed by atoms with Crippen LogP contribution >= 0.6 is 22.9 Å². The number of hydrogen-bond donors (Lipinski definition) is 0. The van der Waals surface area contributed by atoms with Crippen LogP contribution in [0.5, 0.6) is 0 Å². The molecule has 0 amide bonds. The lowest BCUT2D eigenvalue weighted by Gasteiger charge is -2.13. The molecule has 0 aliphatic carbocycles. The van der Waals surface area contributed by atoms with Gasteiger partial charge in [0.15, 0.2) is 4.34 Å². The van der Waals surface area contributed by atoms with Crippen molar-refractivity contribution < 1.29 is 13.3 Å². The normalized spacial score (nSPS) is 21.3. The largest absolute Gasteiger partial charge is 0.300 e. The molecule has 0 radical (unpaired) electrons. The molecule has 1 aromatic rings. The molecule has 18 heavy (non-hydrogen) atoms. The van der Waals surface area contributed by atoms with Gasteiger partial charge in [-0.1, -0.05) is 18.5 Å². The van der Waals surface area contributed by atoms with Gasteiger partial charge in [-0.3, -0.25) is 10.1 Å². The van der Waals surface area contributed by atoms with Gasteiger partial charge in [0, 0.05) is 19.2 Å². The van der Waals surface area contributed by atoms with E-state index in [2.05, 4.69) is 0 Å². The number of hydrogen-bond acceptors (Lipinski definition) is 5. The molecule has 100 valence electrons. The van der Waals surface area contributed by atoms with Crippen molar-refractivity contribution >= 4 is 38.6 Å². The molecular formula is C9H11ClN2O4S2. The summed E-state index contributed by atoms with van der Waals surface area (Å²) in [6.45, 7) is 2.87. The van der Waals surface area contributed by atoms with Gasteiger partial charge < -0.3 is 0 Å². The molecule has 2 rings (SSSR count). The summed E-state index contributed by atoms with van der Waals surface area (Å²) in [6.07, 6.45) is 0.806. The molecule has 0 N–H and O–H groups in total. The SMILES string of the molecule is CC1CCN(S(=O)(=O)c2cc([N+](=O)[O-])c(Cl)s2)C1. The molecule has 1 atom stereocenters. The fourth-order valence-electron chi connectivity index (χ4n) is 1.83. The van der Waals surface area contributed by atoms with Crippen LogP contribution in [-0.2, 0) is 10.0 Å². The third-order valence-corrected chi connectivity index (χ3v) is 6.48. The number of nitrogens with zero attached hydrogens (tertiary/aromatic N) is 2. The highest BCUT2D eigenvalue weighted by molar-refractivity contribution is 7.91. The summed E-state index contributed by atoms with van der Waals surface area (Å²) in [6, 6.07) is 1.03. The van der Waals surface area contributed by atoms with Crippen LogP contribution in [0.4, 0.5) is 5.69 Å². The minimum atomic E-state index is -3.64. The number of nitro groups is 1. The number of sulfonamides is 1. The second-order valence-corrected chi connectivity index (χ2v) is 8.06. The topological polar surface area (TPSA) is 80.5 Å². The van der Waals surface area contributed by atoms with E-state index in [-0.39, 0.29) is 14.2 Å². The first-order valence-electron chi connectivity index (χ1n) is 5.26. The van der Waals surface area contributed by atoms with Gasteiger partial charge in [0.25, 0.3) is 15.7 Å². The van der Waals surface area contributed by atoms with E-state index in [1.807, 2.05) is 6.92 Å². The van der Waals surface area contributed by atoms with Crippen LogP contribution in [0.25, 0.3) is 0 Å². The summed E-state index contributed by atoms with van der Waals surface area (Å²) in [5.74, 6) is 0.310. The molecule has 0 aromatic carbocycles. The van der Waals surface area contributed by atoms with Crippen molar-refractivity contribution in [1.82, 2.24) is 4.31 Å². The van der Waals surface area contributed by atoms with E-state index in [0.29, 0.717) is 19.0 Å². The zero-order valence-corrected chi connectivity index (χ0v) is 11.9. The summed E-state index contributed by atoms with van der Waals surface area (Å²) in [5.41, 5.74) is -0.354. The molecule has 9 heteroatoms. The van der Waals surface area contributed by atoms with Gasteiger partial charge in [-0.2, -0.15) is 4.31 Å². The van der Waals surface area contributed by atoms with Gasteiger partial charge in [-0.05, 0) is 12.3 Å². The summed E-state index contributed by atoms with van der Waals surface area (Å²) in [7, 11) is -3.64. The highest BCUT2D eigenvalue weighted by Gasteiger charge is 2.34. The Morgan fingerprint density at radius 3 is 2.72 bits per heavy atom. The fourth-order valence-corrected chi connectivity index (χ4v) is 5.22. The van der Waals surface area contributed by atoms with E-state index < -0.39 is 14.9 Å². The molecule has 0 saturated carbocycles. The molecule has 1 saturated heterocycles. The Labute approximate surface area is 113 Å². The Hall–Kier alpha value is -0.700. The lowest BCUT2D eigenvalue weighted by Crippen LogP contribution is -2.27. The van der Waals surface area contributed by atoms with Crippen LogP contribution < -0.4 is 0 Å². The van der Waals surface area contributed by atoms with E-state index >= 15 is 0 Å². The Balaban J connectivity index is 2.36. The Morgan fingerprint density at radius 1 is 1.61 bits per heavy atom. The maximum Gasteiger partial charge on any atom is 0.300 e. The van der Waals surface area contributed by atoms with Crippen molar-refractivity contribution in [2.45, 2.75) is 17.6 Å². The molecule has 2 heterocycles. The van der Waals surface area contributed by atoms with Gasteiger partial charge in [0.2, 0.25) is 0 Å². The number of halogens is 1. The second kappa shape index (κ2) is 4.76. The summed E-state index contributed by atoms with van der Waals surface area (Å²) < 4.78 is 25.6. The van der Waals surface area contributed by atoms with Gasteiger partial charge in [-0.15, -0.1) is 11.3 Å². The first-order chi connectivity index (χ1) is 8.32. The quantitative estimate of drug-likeness (QED) is 0.634. The zero-order chi connectivity index (χ0) is 13.5. The monoisotopic (exact) mass is 310 g/mol. The van der Waals surface area contributed by atoms with Crippen LogP contribution in [-0.4, -0.2) is 30.7 Å². The zero-order valence-electron chi connectivity index (χ0n) is 9.50. The molecule has 0 bridgehead atoms. The van der Waals surface area contributed by atoms with Gasteiger partial charge >= 0.3 is 0 Å². The van der Waals surface area contributed by atoms with Crippen molar-refractivity contribution in [3.8, 4) is 0 Å². The minimum Gasteiger partial charge on any atom is -0.258 e. The first-order valence-corrected chi connectivity index (χ1v) is 7.89. The van der Waals surface area contributed by atoms with Crippen LogP contribution in [0.15, 0.2) is 10.3 Å². The lowest BCUT2D eigenvalue weighted by molar-refractivity contribution is -0.384. The second-order valence-electron chi connectivity index (χ2n) is 4.24. The van der Waals surface area contributed by atoms with Gasteiger partial charge in [-0.25, -0.2) is 8.42 Å². The summed E-state index contributed by atoms with van der Waals surface area (Å²) in [5, 5.41) is 10.7. The van der Waals surface area contributed by atoms with Crippen molar-refractivity contribution in [3.63, 3.8) is 0 Å². The van der Waals surface area contributed by atoms with E-state index in [1.165, 1.54) is 4.31 Å². The predicted octanol–water partition coefficient (Wildman–Crippen LogP) is 2.34. The fraction of sp³-hybridized carbons (Fsp3) is 0.556. The minimum absolute atomic E-state index is 0.0618. The Kier molecular flexibility index (Phi) is 3.63. The van der Waals surface area contributed by atoms with Crippen molar-refractivity contribution in [3.05, 3.63) is 20.5 Å². The average molecular weight is 311 g/mol. The maximum absolute atomic E-state index is 12.2. The lowest BCUT2D eigenvalue weighted by atomic mass is 10.2. The first kappa shape index (κ1) is 13.7. The average Bonchev–Trinajstić information content (AvgIpc) is 2.84. The van der Waals surface area contributed by atoms with Gasteiger partial charge in [0.1, 0.15) is 4.21 Å². The molecule has 1 aromatic heterocycles. The van der Waals surface area contributed by atoms with E-state index in [0.717, 1.165) is 23.8 Å². The summed E-state index contributed by atoms with van der Waals surface area (Å²) >= 11 is 6.41. The van der Waals surface area contributed by atoms with Crippen LogP contribution in [0.2, 0.25) is 4.34 Å². The smallest absolute Gasteiger partial charge is 0.258 e. The van der Waals surface area contributed by atoms with E-state index in [1.54, 1.807) is 0 Å². The Morgan fingerprint density at radius 2 is 2.28 bits per heavy atom. The highest BCUT2D eigenvalue weighted by atomic mass is 35.5. The highest BCUT2D eigenvalue weighted by Crippen LogP contribution is 2.38. The predicted molar refractivity (Wildman–Crippen MR) is 68.5 cm³/mol. The summed E-state index contributed by atoms with van der Waals surface area (Å²) in [4.78, 5) is 9.98. The third-order valence-electron chi connectivity index (χ3n) is 2.82. The number of thiophene rings is 1. The molecule has 1 fully saturated rings. The molecule has 1 aliphatic heterocycles. The van der Waals surface area contributed by atoms with Crippen LogP contribution in [0.1, 0.15) is 13.3 Å². The van der Waals surface area contributed by atoms with E-state index in [9.17, 15) is 18.5 Å².